The topological polar surface area (TPSA) is 20.2 Å². The zero-order valence-electron chi connectivity index (χ0n) is 9.29. The second kappa shape index (κ2) is 3.34. The Labute approximate surface area is 91.1 Å². The maximum atomic E-state index is 10.0. The van der Waals surface area contributed by atoms with E-state index in [1.54, 1.807) is 0 Å². The third kappa shape index (κ3) is 1.41. The Balaban J connectivity index is 2.15. The van der Waals surface area contributed by atoms with Gasteiger partial charge in [0, 0.05) is 0 Å². The minimum atomic E-state index is -0.206. The number of rotatable bonds is 0. The van der Waals surface area contributed by atoms with E-state index in [0.717, 1.165) is 12.8 Å². The molecule has 0 fully saturated rings. The molecule has 0 aromatic heterocycles. The van der Waals surface area contributed by atoms with Crippen LogP contribution in [0.5, 0.6) is 0 Å². The highest BCUT2D eigenvalue weighted by atomic mass is 16.3. The molecule has 15 heavy (non-hydrogen) atoms. The van der Waals surface area contributed by atoms with Crippen LogP contribution in [0.2, 0.25) is 0 Å². The molecule has 0 heterocycles. The molecule has 1 heteroatoms. The lowest BCUT2D eigenvalue weighted by atomic mass is 9.80. The van der Waals surface area contributed by atoms with E-state index in [1.165, 1.54) is 41.5 Å². The van der Waals surface area contributed by atoms with E-state index in [2.05, 4.69) is 19.1 Å². The van der Waals surface area contributed by atoms with Gasteiger partial charge in [-0.25, -0.2) is 0 Å². The zero-order valence-corrected chi connectivity index (χ0v) is 9.29. The molecule has 0 bridgehead atoms. The second-order valence-corrected chi connectivity index (χ2v) is 5.10. The summed E-state index contributed by atoms with van der Waals surface area (Å²) in [6.45, 7) is 2.28. The summed E-state index contributed by atoms with van der Waals surface area (Å²) in [5.41, 5.74) is 5.65. The minimum absolute atomic E-state index is 0.206. The molecule has 1 N–H and O–H groups in total. The van der Waals surface area contributed by atoms with Crippen molar-refractivity contribution in [2.75, 3.05) is 0 Å². The van der Waals surface area contributed by atoms with Gasteiger partial charge in [-0.3, -0.25) is 0 Å². The smallest absolute Gasteiger partial charge is 0.0793 e. The van der Waals surface area contributed by atoms with Crippen LogP contribution in [0, 0.1) is 0 Å². The quantitative estimate of drug-likeness (QED) is 0.685. The summed E-state index contributed by atoms with van der Waals surface area (Å²) >= 11 is 0. The van der Waals surface area contributed by atoms with Crippen LogP contribution >= 0.6 is 0 Å². The average molecular weight is 202 g/mol. The van der Waals surface area contributed by atoms with Gasteiger partial charge in [-0.15, -0.1) is 0 Å². The first-order chi connectivity index (χ1) is 7.25. The molecule has 2 aliphatic rings. The van der Waals surface area contributed by atoms with Gasteiger partial charge in [0.25, 0.3) is 0 Å². The Morgan fingerprint density at radius 2 is 1.73 bits per heavy atom. The van der Waals surface area contributed by atoms with Crippen LogP contribution in [0.25, 0.3) is 0 Å². The summed E-state index contributed by atoms with van der Waals surface area (Å²) < 4.78 is 0. The summed E-state index contributed by atoms with van der Waals surface area (Å²) in [4.78, 5) is 0. The molecule has 0 saturated heterocycles. The van der Waals surface area contributed by atoms with E-state index < -0.39 is 0 Å². The van der Waals surface area contributed by atoms with Crippen LogP contribution in [0.4, 0.5) is 0 Å². The molecule has 3 rings (SSSR count). The van der Waals surface area contributed by atoms with Crippen molar-refractivity contribution in [2.24, 2.45) is 0 Å². The summed E-state index contributed by atoms with van der Waals surface area (Å²) in [7, 11) is 0. The van der Waals surface area contributed by atoms with Gasteiger partial charge in [0.15, 0.2) is 0 Å². The van der Waals surface area contributed by atoms with E-state index >= 15 is 0 Å². The molecular formula is C14H18O. The largest absolute Gasteiger partial charge is 0.388 e. The van der Waals surface area contributed by atoms with Gasteiger partial charge in [-0.1, -0.05) is 19.1 Å². The molecule has 0 aliphatic heterocycles. The number of aliphatic hydroxyl groups excluding tert-OH is 1. The summed E-state index contributed by atoms with van der Waals surface area (Å²) in [6, 6.07) is 4.64. The Hall–Kier alpha value is -0.820. The van der Waals surface area contributed by atoms with Gasteiger partial charge >= 0.3 is 0 Å². The van der Waals surface area contributed by atoms with Gasteiger partial charge in [-0.05, 0) is 60.3 Å². The monoisotopic (exact) mass is 202 g/mol. The van der Waals surface area contributed by atoms with Gasteiger partial charge in [0.05, 0.1) is 6.10 Å². The van der Waals surface area contributed by atoms with Gasteiger partial charge < -0.3 is 5.11 Å². The Morgan fingerprint density at radius 1 is 1.07 bits per heavy atom. The van der Waals surface area contributed by atoms with E-state index in [0.29, 0.717) is 5.92 Å². The lowest BCUT2D eigenvalue weighted by molar-refractivity contribution is 0.151. The van der Waals surface area contributed by atoms with Gasteiger partial charge in [-0.2, -0.15) is 0 Å². The highest BCUT2D eigenvalue weighted by molar-refractivity contribution is 5.44. The van der Waals surface area contributed by atoms with E-state index in [1.807, 2.05) is 0 Å². The Morgan fingerprint density at radius 3 is 2.47 bits per heavy atom. The molecule has 80 valence electrons. The molecule has 0 saturated carbocycles. The highest BCUT2D eigenvalue weighted by Gasteiger charge is 2.25. The third-order valence-electron chi connectivity index (χ3n) is 4.06. The molecular weight excluding hydrogens is 184 g/mol. The maximum absolute atomic E-state index is 10.0. The molecule has 2 aliphatic carbocycles. The van der Waals surface area contributed by atoms with Crippen molar-refractivity contribution in [2.45, 2.75) is 51.0 Å². The van der Waals surface area contributed by atoms with Crippen LogP contribution in [0.1, 0.15) is 60.5 Å². The lowest BCUT2D eigenvalue weighted by Crippen LogP contribution is -2.13. The van der Waals surface area contributed by atoms with Crippen molar-refractivity contribution in [3.8, 4) is 0 Å². The molecule has 0 amide bonds. The predicted octanol–water partition coefficient (Wildman–Crippen LogP) is 3.11. The molecule has 1 aromatic rings. The van der Waals surface area contributed by atoms with E-state index in [9.17, 15) is 5.11 Å². The van der Waals surface area contributed by atoms with Crippen LogP contribution in [-0.2, 0) is 12.8 Å². The van der Waals surface area contributed by atoms with Crippen molar-refractivity contribution in [3.05, 3.63) is 34.4 Å². The van der Waals surface area contributed by atoms with Gasteiger partial charge in [0.1, 0.15) is 0 Å². The lowest BCUT2D eigenvalue weighted by Gasteiger charge is -2.27. The fourth-order valence-electron chi connectivity index (χ4n) is 3.10. The first-order valence-corrected chi connectivity index (χ1v) is 6.09. The minimum Gasteiger partial charge on any atom is -0.388 e. The average Bonchev–Trinajstić information content (AvgIpc) is 2.69. The highest BCUT2D eigenvalue weighted by Crippen LogP contribution is 2.40. The second-order valence-electron chi connectivity index (χ2n) is 5.10. The van der Waals surface area contributed by atoms with Crippen molar-refractivity contribution in [1.29, 1.82) is 0 Å². The Kier molecular flexibility index (Phi) is 2.10. The summed E-state index contributed by atoms with van der Waals surface area (Å²) in [5, 5.41) is 10.0. The fraction of sp³-hybridized carbons (Fsp3) is 0.571. The molecule has 0 spiro atoms. The Bertz CT molecular complexity index is 358. The fourth-order valence-corrected chi connectivity index (χ4v) is 3.10. The van der Waals surface area contributed by atoms with E-state index in [4.69, 9.17) is 0 Å². The molecule has 1 aromatic carbocycles. The normalized spacial score (nSPS) is 28.7. The maximum Gasteiger partial charge on any atom is 0.0793 e. The SMILES string of the molecule is CC1CC[C@H](O)c2cc3c(cc21)CCC3. The number of aliphatic hydroxyl groups is 1. The van der Waals surface area contributed by atoms with Crippen molar-refractivity contribution >= 4 is 0 Å². The summed E-state index contributed by atoms with van der Waals surface area (Å²) in [5.74, 6) is 0.634. The number of fused-ring (bicyclic) bond motifs is 2. The number of hydrogen-bond donors (Lipinski definition) is 1. The zero-order chi connectivity index (χ0) is 10.4. The first kappa shape index (κ1) is 9.41. The molecule has 1 unspecified atom stereocenters. The van der Waals surface area contributed by atoms with Crippen LogP contribution < -0.4 is 0 Å². The number of aryl methyl sites for hydroxylation is 2. The van der Waals surface area contributed by atoms with Crippen LogP contribution in [-0.4, -0.2) is 5.11 Å². The first-order valence-electron chi connectivity index (χ1n) is 6.09. The number of hydrogen-bond acceptors (Lipinski definition) is 1. The van der Waals surface area contributed by atoms with E-state index in [-0.39, 0.29) is 6.10 Å². The standard InChI is InChI=1S/C14H18O/c1-9-5-6-14(15)13-8-11-4-2-3-10(11)7-12(9)13/h7-9,14-15H,2-6H2,1H3/t9?,14-/m0/s1. The molecule has 1 nitrogen and oxygen atoms in total. The van der Waals surface area contributed by atoms with Crippen molar-refractivity contribution in [1.82, 2.24) is 0 Å². The van der Waals surface area contributed by atoms with Crippen LogP contribution in [0.15, 0.2) is 12.1 Å². The van der Waals surface area contributed by atoms with Crippen molar-refractivity contribution in [3.63, 3.8) is 0 Å². The van der Waals surface area contributed by atoms with Crippen molar-refractivity contribution < 1.29 is 5.11 Å². The van der Waals surface area contributed by atoms with Gasteiger partial charge in [0.2, 0.25) is 0 Å². The molecule has 0 radical (unpaired) electrons. The third-order valence-corrected chi connectivity index (χ3v) is 4.06. The summed E-state index contributed by atoms with van der Waals surface area (Å²) in [6.07, 6.45) is 5.61. The molecule has 2 atom stereocenters. The number of benzene rings is 1. The predicted molar refractivity (Wildman–Crippen MR) is 61.1 cm³/mol. The van der Waals surface area contributed by atoms with Crippen LogP contribution in [0.3, 0.4) is 0 Å².